The van der Waals surface area contributed by atoms with Crippen LogP contribution in [0.25, 0.3) is 0 Å². The van der Waals surface area contributed by atoms with E-state index in [1.807, 2.05) is 16.9 Å². The van der Waals surface area contributed by atoms with Crippen LogP contribution in [0.4, 0.5) is 0 Å². The van der Waals surface area contributed by atoms with Crippen LogP contribution in [0.1, 0.15) is 28.4 Å². The Bertz CT molecular complexity index is 810. The highest BCUT2D eigenvalue weighted by Gasteiger charge is 2.15. The summed E-state index contributed by atoms with van der Waals surface area (Å²) in [6, 6.07) is 10.2. The summed E-state index contributed by atoms with van der Waals surface area (Å²) in [6.07, 6.45) is 5.40. The molecule has 3 rings (SSSR count). The van der Waals surface area contributed by atoms with E-state index in [4.69, 9.17) is 4.74 Å². The van der Waals surface area contributed by atoms with Crippen LogP contribution in [0.2, 0.25) is 0 Å². The summed E-state index contributed by atoms with van der Waals surface area (Å²) in [4.78, 5) is 11.8. The summed E-state index contributed by atoms with van der Waals surface area (Å²) in [7, 11) is 0. The van der Waals surface area contributed by atoms with Crippen molar-refractivity contribution in [3.63, 3.8) is 0 Å². The zero-order valence-electron chi connectivity index (χ0n) is 13.2. The number of ether oxygens (including phenoxy) is 1. The smallest absolute Gasteiger partial charge is 0.342 e. The fourth-order valence-corrected chi connectivity index (χ4v) is 2.81. The SMILES string of the molecule is CCOC(=O)c1cn(Cc2ccc(Cn3cccn3)cc2)nc1Br. The minimum absolute atomic E-state index is 0.341. The number of aromatic nitrogens is 4. The number of nitrogens with zero attached hydrogens (tertiary/aromatic N) is 4. The lowest BCUT2D eigenvalue weighted by Crippen LogP contribution is -2.04. The van der Waals surface area contributed by atoms with Crippen molar-refractivity contribution in [3.8, 4) is 0 Å². The summed E-state index contributed by atoms with van der Waals surface area (Å²) in [5.41, 5.74) is 2.72. The molecule has 1 aromatic carbocycles. The van der Waals surface area contributed by atoms with Gasteiger partial charge in [-0.1, -0.05) is 24.3 Å². The van der Waals surface area contributed by atoms with Crippen LogP contribution in [0, 0.1) is 0 Å². The Balaban J connectivity index is 1.68. The van der Waals surface area contributed by atoms with Gasteiger partial charge < -0.3 is 4.74 Å². The normalized spacial score (nSPS) is 10.8. The fourth-order valence-electron chi connectivity index (χ4n) is 2.34. The largest absolute Gasteiger partial charge is 0.462 e. The van der Waals surface area contributed by atoms with Crippen LogP contribution in [0.15, 0.2) is 53.5 Å². The van der Waals surface area contributed by atoms with Gasteiger partial charge in [0.1, 0.15) is 10.2 Å². The van der Waals surface area contributed by atoms with Crippen molar-refractivity contribution in [2.45, 2.75) is 20.0 Å². The van der Waals surface area contributed by atoms with E-state index in [0.717, 1.165) is 12.1 Å². The van der Waals surface area contributed by atoms with E-state index in [1.165, 1.54) is 5.56 Å². The number of carbonyl (C=O) groups is 1. The van der Waals surface area contributed by atoms with Gasteiger partial charge in [-0.05, 0) is 40.0 Å². The molecule has 2 heterocycles. The predicted molar refractivity (Wildman–Crippen MR) is 92.8 cm³/mol. The minimum Gasteiger partial charge on any atom is -0.462 e. The fraction of sp³-hybridized carbons (Fsp3) is 0.235. The molecule has 0 aliphatic carbocycles. The zero-order chi connectivity index (χ0) is 16.9. The lowest BCUT2D eigenvalue weighted by Gasteiger charge is -2.05. The Hall–Kier alpha value is -2.41. The second kappa shape index (κ2) is 7.44. The van der Waals surface area contributed by atoms with Gasteiger partial charge >= 0.3 is 5.97 Å². The van der Waals surface area contributed by atoms with Crippen molar-refractivity contribution in [3.05, 3.63) is 70.2 Å². The highest BCUT2D eigenvalue weighted by atomic mass is 79.9. The van der Waals surface area contributed by atoms with Gasteiger partial charge in [0.25, 0.3) is 0 Å². The molecule has 0 bridgehead atoms. The number of carbonyl (C=O) groups excluding carboxylic acids is 1. The van der Waals surface area contributed by atoms with E-state index in [2.05, 4.69) is 50.4 Å². The molecule has 0 fully saturated rings. The van der Waals surface area contributed by atoms with Gasteiger partial charge in [-0.25, -0.2) is 4.79 Å². The molecule has 7 heteroatoms. The third-order valence-electron chi connectivity index (χ3n) is 3.48. The second-order valence-corrected chi connectivity index (χ2v) is 6.02. The Morgan fingerprint density at radius 3 is 2.42 bits per heavy atom. The van der Waals surface area contributed by atoms with E-state index in [9.17, 15) is 4.79 Å². The van der Waals surface area contributed by atoms with Gasteiger partial charge in [-0.2, -0.15) is 10.2 Å². The van der Waals surface area contributed by atoms with Gasteiger partial charge in [0.05, 0.1) is 19.7 Å². The molecule has 0 spiro atoms. The zero-order valence-corrected chi connectivity index (χ0v) is 14.8. The molecule has 0 unspecified atom stereocenters. The first-order valence-electron chi connectivity index (χ1n) is 7.61. The van der Waals surface area contributed by atoms with Gasteiger partial charge in [-0.15, -0.1) is 0 Å². The van der Waals surface area contributed by atoms with Gasteiger partial charge in [0.15, 0.2) is 0 Å². The van der Waals surface area contributed by atoms with Gasteiger partial charge in [0, 0.05) is 18.6 Å². The molecular formula is C17H17BrN4O2. The summed E-state index contributed by atoms with van der Waals surface area (Å²) in [6.45, 7) is 3.45. The third-order valence-corrected chi connectivity index (χ3v) is 4.07. The molecule has 0 saturated heterocycles. The molecule has 2 aromatic heterocycles. The van der Waals surface area contributed by atoms with Crippen molar-refractivity contribution in [1.29, 1.82) is 0 Å². The molecule has 24 heavy (non-hydrogen) atoms. The Labute approximate surface area is 148 Å². The summed E-state index contributed by atoms with van der Waals surface area (Å²) in [5.74, 6) is -0.370. The predicted octanol–water partition coefficient (Wildman–Crippen LogP) is 3.12. The van der Waals surface area contributed by atoms with Crippen LogP contribution in [0.3, 0.4) is 0 Å². The van der Waals surface area contributed by atoms with E-state index < -0.39 is 0 Å². The molecule has 3 aromatic rings. The number of benzene rings is 1. The molecule has 0 saturated carbocycles. The third kappa shape index (κ3) is 3.91. The maximum absolute atomic E-state index is 11.8. The van der Waals surface area contributed by atoms with Crippen LogP contribution in [0.5, 0.6) is 0 Å². The molecular weight excluding hydrogens is 372 g/mol. The van der Waals surface area contributed by atoms with E-state index in [-0.39, 0.29) is 5.97 Å². The van der Waals surface area contributed by atoms with Crippen LogP contribution >= 0.6 is 15.9 Å². The van der Waals surface area contributed by atoms with Crippen LogP contribution in [-0.2, 0) is 17.8 Å². The molecule has 0 atom stereocenters. The highest BCUT2D eigenvalue weighted by Crippen LogP contribution is 2.17. The first-order chi connectivity index (χ1) is 11.7. The number of rotatable bonds is 6. The first kappa shape index (κ1) is 16.4. The molecule has 0 amide bonds. The van der Waals surface area contributed by atoms with Crippen molar-refractivity contribution >= 4 is 21.9 Å². The van der Waals surface area contributed by atoms with Gasteiger partial charge in [0.2, 0.25) is 0 Å². The highest BCUT2D eigenvalue weighted by molar-refractivity contribution is 9.10. The van der Waals surface area contributed by atoms with Crippen molar-refractivity contribution in [2.75, 3.05) is 6.61 Å². The lowest BCUT2D eigenvalue weighted by molar-refractivity contribution is 0.0525. The Kier molecular flexibility index (Phi) is 5.10. The van der Waals surface area contributed by atoms with Crippen molar-refractivity contribution in [2.24, 2.45) is 0 Å². The summed E-state index contributed by atoms with van der Waals surface area (Å²) in [5, 5.41) is 8.51. The number of esters is 1. The molecule has 0 aliphatic heterocycles. The topological polar surface area (TPSA) is 61.9 Å². The van der Waals surface area contributed by atoms with Crippen LogP contribution in [-0.4, -0.2) is 32.1 Å². The minimum atomic E-state index is -0.370. The number of halogens is 1. The maximum atomic E-state index is 11.8. The molecule has 0 aliphatic rings. The lowest BCUT2D eigenvalue weighted by atomic mass is 10.1. The van der Waals surface area contributed by atoms with E-state index in [0.29, 0.717) is 23.3 Å². The number of hydrogen-bond acceptors (Lipinski definition) is 4. The Morgan fingerprint density at radius 2 is 1.83 bits per heavy atom. The van der Waals surface area contributed by atoms with E-state index in [1.54, 1.807) is 24.0 Å². The standard InChI is InChI=1S/C17H17BrN4O2/c1-2-24-17(23)15-12-22(20-16(15)18)11-14-6-4-13(5-7-14)10-21-9-3-8-19-21/h3-9,12H,2,10-11H2,1H3. The Morgan fingerprint density at radius 1 is 1.17 bits per heavy atom. The van der Waals surface area contributed by atoms with Crippen molar-refractivity contribution in [1.82, 2.24) is 19.6 Å². The monoisotopic (exact) mass is 388 g/mol. The molecule has 0 radical (unpaired) electrons. The van der Waals surface area contributed by atoms with Gasteiger partial charge in [-0.3, -0.25) is 9.36 Å². The molecule has 0 N–H and O–H groups in total. The quantitative estimate of drug-likeness (QED) is 0.608. The second-order valence-electron chi connectivity index (χ2n) is 5.27. The molecule has 6 nitrogen and oxygen atoms in total. The average molecular weight is 389 g/mol. The maximum Gasteiger partial charge on any atom is 0.342 e. The average Bonchev–Trinajstić information content (AvgIpc) is 3.19. The molecule has 124 valence electrons. The number of hydrogen-bond donors (Lipinski definition) is 0. The van der Waals surface area contributed by atoms with Crippen LogP contribution < -0.4 is 0 Å². The van der Waals surface area contributed by atoms with Crippen molar-refractivity contribution < 1.29 is 9.53 Å². The summed E-state index contributed by atoms with van der Waals surface area (Å²) < 4.78 is 9.11. The van der Waals surface area contributed by atoms with E-state index >= 15 is 0 Å². The summed E-state index contributed by atoms with van der Waals surface area (Å²) >= 11 is 3.30. The first-order valence-corrected chi connectivity index (χ1v) is 8.40.